The van der Waals surface area contributed by atoms with E-state index in [-0.39, 0.29) is 10.7 Å². The quantitative estimate of drug-likeness (QED) is 0.631. The van der Waals surface area contributed by atoms with Gasteiger partial charge in [0, 0.05) is 17.5 Å². The Morgan fingerprint density at radius 3 is 2.75 bits per heavy atom. The summed E-state index contributed by atoms with van der Waals surface area (Å²) in [5.41, 5.74) is 2.31. The van der Waals surface area contributed by atoms with Gasteiger partial charge >= 0.3 is 0 Å². The van der Waals surface area contributed by atoms with Crippen LogP contribution < -0.4 is 4.90 Å². The van der Waals surface area contributed by atoms with Crippen molar-refractivity contribution >= 4 is 58.6 Å². The fourth-order valence-electron chi connectivity index (χ4n) is 2.26. The van der Waals surface area contributed by atoms with Crippen LogP contribution in [-0.2, 0) is 4.79 Å². The van der Waals surface area contributed by atoms with Gasteiger partial charge in [0.1, 0.15) is 5.15 Å². The van der Waals surface area contributed by atoms with E-state index in [0.717, 1.165) is 12.0 Å². The maximum Gasteiger partial charge on any atom is 0.214 e. The smallest absolute Gasteiger partial charge is 0.214 e. The minimum absolute atomic E-state index is 0.119. The number of hydrogen-bond donors (Lipinski definition) is 0. The summed E-state index contributed by atoms with van der Waals surface area (Å²) in [6.45, 7) is 0.485. The van der Waals surface area contributed by atoms with E-state index in [1.54, 1.807) is 12.1 Å². The number of hydrogen-bond acceptors (Lipinski definition) is 3. The normalized spacial score (nSPS) is 13.4. The minimum atomic E-state index is 0.119. The van der Waals surface area contributed by atoms with Gasteiger partial charge in [-0.3, -0.25) is 9.59 Å². The molecule has 0 bridgehead atoms. The van der Waals surface area contributed by atoms with Crippen molar-refractivity contribution in [1.29, 1.82) is 0 Å². The lowest BCUT2D eigenvalue weighted by molar-refractivity contribution is -0.107. The third-order valence-corrected chi connectivity index (χ3v) is 3.82. The van der Waals surface area contributed by atoms with E-state index in [1.165, 1.54) is 4.90 Å². The zero-order valence-corrected chi connectivity index (χ0v) is 11.6. The summed E-state index contributed by atoms with van der Waals surface area (Å²) in [5, 5.41) is 1.18. The Balaban J connectivity index is 2.41. The molecule has 1 aromatic heterocycles. The topological polar surface area (TPSA) is 50.3 Å². The van der Waals surface area contributed by atoms with Crippen molar-refractivity contribution in [2.45, 2.75) is 0 Å². The molecule has 0 saturated carbocycles. The number of pyridine rings is 1. The summed E-state index contributed by atoms with van der Waals surface area (Å²) in [5.74, 6) is 0. The van der Waals surface area contributed by atoms with Gasteiger partial charge in [-0.25, -0.2) is 4.98 Å². The van der Waals surface area contributed by atoms with Gasteiger partial charge in [-0.05, 0) is 12.1 Å². The summed E-state index contributed by atoms with van der Waals surface area (Å²) in [7, 11) is 0. The average molecular weight is 307 g/mol. The molecule has 0 fully saturated rings. The van der Waals surface area contributed by atoms with Gasteiger partial charge in [0.15, 0.2) is 6.29 Å². The van der Waals surface area contributed by atoms with Crippen LogP contribution in [0.25, 0.3) is 17.0 Å². The van der Waals surface area contributed by atoms with Crippen molar-refractivity contribution in [3.63, 3.8) is 0 Å². The monoisotopic (exact) mass is 306 g/mol. The fourth-order valence-corrected chi connectivity index (χ4v) is 2.69. The number of rotatable bonds is 2. The average Bonchev–Trinajstić information content (AvgIpc) is 2.46. The van der Waals surface area contributed by atoms with Gasteiger partial charge in [0.2, 0.25) is 6.41 Å². The highest BCUT2D eigenvalue weighted by Gasteiger charge is 2.19. The predicted octanol–water partition coefficient (Wildman–Crippen LogP) is 3.34. The van der Waals surface area contributed by atoms with Crippen LogP contribution in [0.4, 0.5) is 5.69 Å². The molecule has 0 aliphatic carbocycles. The number of fused-ring (bicyclic) bond motifs is 3. The second-order valence-corrected chi connectivity index (χ2v) is 5.10. The molecule has 0 atom stereocenters. The van der Waals surface area contributed by atoms with Crippen molar-refractivity contribution in [3.8, 4) is 0 Å². The van der Waals surface area contributed by atoms with Crippen molar-refractivity contribution in [2.24, 2.45) is 0 Å². The summed E-state index contributed by atoms with van der Waals surface area (Å²) in [4.78, 5) is 27.8. The maximum atomic E-state index is 11.1. The van der Waals surface area contributed by atoms with E-state index >= 15 is 0 Å². The van der Waals surface area contributed by atoms with Crippen LogP contribution in [0.15, 0.2) is 18.2 Å². The zero-order chi connectivity index (χ0) is 14.3. The van der Waals surface area contributed by atoms with Crippen LogP contribution in [-0.4, -0.2) is 24.2 Å². The number of carbonyl (C=O) groups is 2. The van der Waals surface area contributed by atoms with Crippen molar-refractivity contribution < 1.29 is 9.59 Å². The number of nitrogens with zero attached hydrogens (tertiary/aromatic N) is 2. The number of amides is 1. The SMILES string of the molecule is O=Cc1cc2c(Cl)cc3c(c2nc1Cl)C=CCN3C=O. The standard InChI is InChI=1S/C14H8Cl2N2O2/c15-11-5-12-9(2-1-3-18(12)7-20)13-10(11)4-8(6-19)14(16)17-13/h1-2,4-7H,3H2. The highest BCUT2D eigenvalue weighted by Crippen LogP contribution is 2.37. The summed E-state index contributed by atoms with van der Waals surface area (Å²) < 4.78 is 0. The highest BCUT2D eigenvalue weighted by atomic mass is 35.5. The molecule has 1 aliphatic heterocycles. The Hall–Kier alpha value is -1.91. The molecule has 1 amide bonds. The molecule has 0 unspecified atom stereocenters. The van der Waals surface area contributed by atoms with Gasteiger partial charge in [-0.1, -0.05) is 35.4 Å². The number of aromatic nitrogens is 1. The first-order chi connectivity index (χ1) is 9.65. The van der Waals surface area contributed by atoms with Crippen molar-refractivity contribution in [3.05, 3.63) is 39.5 Å². The second-order valence-electron chi connectivity index (χ2n) is 4.33. The molecular weight excluding hydrogens is 299 g/mol. The molecule has 0 N–H and O–H groups in total. The van der Waals surface area contributed by atoms with Crippen LogP contribution in [0.1, 0.15) is 15.9 Å². The van der Waals surface area contributed by atoms with Gasteiger partial charge in [-0.15, -0.1) is 0 Å². The second kappa shape index (κ2) is 4.89. The molecule has 1 aromatic carbocycles. The molecule has 0 saturated heterocycles. The van der Waals surface area contributed by atoms with Crippen molar-refractivity contribution in [2.75, 3.05) is 11.4 Å². The first-order valence-corrected chi connectivity index (χ1v) is 6.57. The Kier molecular flexibility index (Phi) is 3.20. The molecule has 0 radical (unpaired) electrons. The van der Waals surface area contributed by atoms with Crippen LogP contribution in [0, 0.1) is 0 Å². The lowest BCUT2D eigenvalue weighted by atomic mass is 10.0. The number of halogens is 2. The first-order valence-electron chi connectivity index (χ1n) is 5.82. The predicted molar refractivity (Wildman–Crippen MR) is 79.6 cm³/mol. The Morgan fingerprint density at radius 2 is 2.05 bits per heavy atom. The molecule has 4 nitrogen and oxygen atoms in total. The van der Waals surface area contributed by atoms with Crippen LogP contribution in [0.5, 0.6) is 0 Å². The Bertz CT molecular complexity index is 772. The molecule has 6 heteroatoms. The third kappa shape index (κ3) is 1.88. The molecule has 0 spiro atoms. The van der Waals surface area contributed by atoms with Gasteiger partial charge in [-0.2, -0.15) is 0 Å². The summed E-state index contributed by atoms with van der Waals surface area (Å²) in [6.07, 6.45) is 5.11. The largest absolute Gasteiger partial charge is 0.310 e. The zero-order valence-electron chi connectivity index (χ0n) is 10.1. The van der Waals surface area contributed by atoms with Gasteiger partial charge in [0.05, 0.1) is 21.8 Å². The van der Waals surface area contributed by atoms with E-state index in [2.05, 4.69) is 4.98 Å². The van der Waals surface area contributed by atoms with Gasteiger partial charge in [0.25, 0.3) is 0 Å². The minimum Gasteiger partial charge on any atom is -0.310 e. The van der Waals surface area contributed by atoms with E-state index in [9.17, 15) is 9.59 Å². The number of carbonyl (C=O) groups excluding carboxylic acids is 2. The highest BCUT2D eigenvalue weighted by molar-refractivity contribution is 6.37. The molecule has 2 aromatic rings. The van der Waals surface area contributed by atoms with Crippen molar-refractivity contribution in [1.82, 2.24) is 4.98 Å². The summed E-state index contributed by atoms with van der Waals surface area (Å²) in [6, 6.07) is 3.30. The van der Waals surface area contributed by atoms with Crippen LogP contribution in [0.2, 0.25) is 10.2 Å². The Labute approximate surface area is 124 Å². The number of aldehydes is 1. The lowest BCUT2D eigenvalue weighted by Gasteiger charge is -2.23. The molecule has 3 rings (SSSR count). The third-order valence-electron chi connectivity index (χ3n) is 3.21. The first kappa shape index (κ1) is 13.1. The molecule has 1 aliphatic rings. The maximum absolute atomic E-state index is 11.1. The van der Waals surface area contributed by atoms with E-state index in [1.807, 2.05) is 12.2 Å². The van der Waals surface area contributed by atoms with E-state index in [0.29, 0.717) is 34.4 Å². The number of anilines is 1. The lowest BCUT2D eigenvalue weighted by Crippen LogP contribution is -2.24. The molecule has 20 heavy (non-hydrogen) atoms. The molecular formula is C14H8Cl2N2O2. The van der Waals surface area contributed by atoms with E-state index in [4.69, 9.17) is 23.2 Å². The Morgan fingerprint density at radius 1 is 1.25 bits per heavy atom. The molecule has 100 valence electrons. The van der Waals surface area contributed by atoms with Crippen LogP contribution in [0.3, 0.4) is 0 Å². The fraction of sp³-hybridized carbons (Fsp3) is 0.0714. The van der Waals surface area contributed by atoms with E-state index < -0.39 is 0 Å². The number of benzene rings is 1. The van der Waals surface area contributed by atoms with Crippen LogP contribution >= 0.6 is 23.2 Å². The molecule has 2 heterocycles. The van der Waals surface area contributed by atoms with Gasteiger partial charge < -0.3 is 4.90 Å². The summed E-state index contributed by atoms with van der Waals surface area (Å²) >= 11 is 12.2.